The van der Waals surface area contributed by atoms with E-state index in [1.807, 2.05) is 0 Å². The Bertz CT molecular complexity index is 772. The molecule has 0 aromatic heterocycles. The van der Waals surface area contributed by atoms with E-state index in [0.29, 0.717) is 43.6 Å². The lowest BCUT2D eigenvalue weighted by Gasteiger charge is -2.45. The molecule has 37 heavy (non-hydrogen) atoms. The van der Waals surface area contributed by atoms with Crippen molar-refractivity contribution in [1.82, 2.24) is 15.5 Å². The molecule has 0 bridgehead atoms. The van der Waals surface area contributed by atoms with E-state index in [2.05, 4.69) is 31.4 Å². The number of β-amino-alcohol motifs (C(OH)–C–C–N with tert-alkyl or cyclic N) is 1. The number of urea groups is 1. The highest BCUT2D eigenvalue weighted by atomic mass is 35.5. The predicted molar refractivity (Wildman–Crippen MR) is 143 cm³/mol. The van der Waals surface area contributed by atoms with Gasteiger partial charge in [-0.1, -0.05) is 27.2 Å². The van der Waals surface area contributed by atoms with Gasteiger partial charge in [0.2, 0.25) is 5.91 Å². The van der Waals surface area contributed by atoms with E-state index in [4.69, 9.17) is 21.1 Å². The van der Waals surface area contributed by atoms with Crippen molar-refractivity contribution in [2.75, 3.05) is 26.3 Å². The summed E-state index contributed by atoms with van der Waals surface area (Å²) in [5.74, 6) is 2.54. The van der Waals surface area contributed by atoms with Crippen molar-refractivity contribution in [3.8, 4) is 0 Å². The highest BCUT2D eigenvalue weighted by molar-refractivity contribution is 6.20. The number of fused-ring (bicyclic) bond motifs is 1. The molecule has 212 valence electrons. The Morgan fingerprint density at radius 3 is 2.51 bits per heavy atom. The molecule has 0 spiro atoms. The highest BCUT2D eigenvalue weighted by Crippen LogP contribution is 2.33. The number of nitrogens with zero attached hydrogens (tertiary/aromatic N) is 1. The molecule has 10 atom stereocenters. The molecule has 4 fully saturated rings. The van der Waals surface area contributed by atoms with Gasteiger partial charge in [0.15, 0.2) is 0 Å². The first-order chi connectivity index (χ1) is 17.7. The van der Waals surface area contributed by atoms with Crippen molar-refractivity contribution >= 4 is 23.5 Å². The fraction of sp³-hybridized carbons (Fsp3) is 0.929. The zero-order valence-electron chi connectivity index (χ0n) is 22.9. The van der Waals surface area contributed by atoms with Crippen molar-refractivity contribution in [3.63, 3.8) is 0 Å². The minimum Gasteiger partial charge on any atom is -0.389 e. The maximum Gasteiger partial charge on any atom is 0.318 e. The van der Waals surface area contributed by atoms with Crippen molar-refractivity contribution < 1.29 is 24.2 Å². The molecule has 0 aromatic rings. The first-order valence-electron chi connectivity index (χ1n) is 14.6. The number of halogens is 1. The first kappa shape index (κ1) is 28.9. The first-order valence-corrected chi connectivity index (χ1v) is 15.0. The number of amides is 3. The van der Waals surface area contributed by atoms with Crippen LogP contribution < -0.4 is 10.6 Å². The van der Waals surface area contributed by atoms with E-state index < -0.39 is 6.10 Å². The third kappa shape index (κ3) is 7.96. The number of rotatable bonds is 5. The van der Waals surface area contributed by atoms with Gasteiger partial charge >= 0.3 is 6.03 Å². The quantitative estimate of drug-likeness (QED) is 0.461. The van der Waals surface area contributed by atoms with Crippen LogP contribution in [0.5, 0.6) is 0 Å². The molecule has 4 rings (SSSR count). The van der Waals surface area contributed by atoms with Gasteiger partial charge in [-0.05, 0) is 68.6 Å². The summed E-state index contributed by atoms with van der Waals surface area (Å²) >= 11 is 6.47. The molecule has 4 aliphatic rings. The summed E-state index contributed by atoms with van der Waals surface area (Å²) in [5.41, 5.74) is 0. The van der Waals surface area contributed by atoms with Gasteiger partial charge in [0, 0.05) is 18.0 Å². The lowest BCUT2D eigenvalue weighted by molar-refractivity contribution is -0.150. The lowest BCUT2D eigenvalue weighted by atomic mass is 9.76. The molecule has 8 nitrogen and oxygen atoms in total. The van der Waals surface area contributed by atoms with E-state index in [9.17, 15) is 14.7 Å². The van der Waals surface area contributed by atoms with E-state index in [-0.39, 0.29) is 54.8 Å². The summed E-state index contributed by atoms with van der Waals surface area (Å²) in [4.78, 5) is 27.8. The average Bonchev–Trinajstić information content (AvgIpc) is 2.85. The number of carbonyl (C=O) groups excluding carboxylic acids is 2. The van der Waals surface area contributed by atoms with Gasteiger partial charge in [-0.2, -0.15) is 0 Å². The highest BCUT2D eigenvalue weighted by Gasteiger charge is 2.41. The van der Waals surface area contributed by atoms with Gasteiger partial charge in [-0.3, -0.25) is 4.79 Å². The fourth-order valence-corrected chi connectivity index (χ4v) is 6.95. The molecule has 2 aliphatic carbocycles. The molecule has 0 aromatic carbocycles. The number of carbonyl (C=O) groups is 2. The Morgan fingerprint density at radius 2 is 1.76 bits per heavy atom. The van der Waals surface area contributed by atoms with Gasteiger partial charge in [0.1, 0.15) is 6.10 Å². The summed E-state index contributed by atoms with van der Waals surface area (Å²) in [6.45, 7) is 8.19. The molecule has 2 saturated heterocycles. The van der Waals surface area contributed by atoms with Crippen molar-refractivity contribution in [1.29, 1.82) is 0 Å². The van der Waals surface area contributed by atoms with E-state index in [1.54, 1.807) is 4.90 Å². The van der Waals surface area contributed by atoms with Gasteiger partial charge in [-0.15, -0.1) is 11.6 Å². The molecule has 2 saturated carbocycles. The maximum absolute atomic E-state index is 13.4. The van der Waals surface area contributed by atoms with Gasteiger partial charge in [-0.25, -0.2) is 4.79 Å². The largest absolute Gasteiger partial charge is 0.389 e. The molecular formula is C28H48ClN3O5. The van der Waals surface area contributed by atoms with Crippen molar-refractivity contribution in [3.05, 3.63) is 0 Å². The molecule has 3 amide bonds. The molecule has 2 heterocycles. The smallest absolute Gasteiger partial charge is 0.318 e. The van der Waals surface area contributed by atoms with Gasteiger partial charge in [0.25, 0.3) is 0 Å². The Labute approximate surface area is 227 Å². The Kier molecular flexibility index (Phi) is 10.4. The van der Waals surface area contributed by atoms with E-state index in [1.165, 1.54) is 19.3 Å². The standard InChI is InChI=1S/C28H48ClN3O5/c1-17-4-6-20(10-19(17)3)13-30-27(34)12-23-8-9-25-26(37-23)16-36-15-22(33)14-32(25)28(35)31-21-7-5-18(2)24(29)11-21/h17-26,33H,4-16H2,1-3H3,(H,30,34)(H,31,35). The summed E-state index contributed by atoms with van der Waals surface area (Å²) in [6, 6.07) is -0.329. The lowest BCUT2D eigenvalue weighted by Crippen LogP contribution is -2.60. The van der Waals surface area contributed by atoms with Crippen LogP contribution in [-0.2, 0) is 14.3 Å². The molecule has 2 aliphatic heterocycles. The molecule has 10 unspecified atom stereocenters. The van der Waals surface area contributed by atoms with Gasteiger partial charge < -0.3 is 30.1 Å². The second-order valence-corrected chi connectivity index (χ2v) is 12.9. The topological polar surface area (TPSA) is 100 Å². The van der Waals surface area contributed by atoms with Gasteiger partial charge in [0.05, 0.1) is 44.4 Å². The fourth-order valence-electron chi connectivity index (χ4n) is 6.61. The average molecular weight is 542 g/mol. The third-order valence-corrected chi connectivity index (χ3v) is 9.98. The van der Waals surface area contributed by atoms with Crippen LogP contribution in [0.3, 0.4) is 0 Å². The normalized spacial score (nSPS) is 41.2. The predicted octanol–water partition coefficient (Wildman–Crippen LogP) is 3.68. The van der Waals surface area contributed by atoms with Crippen LogP contribution in [0.2, 0.25) is 0 Å². The molecule has 0 radical (unpaired) electrons. The summed E-state index contributed by atoms with van der Waals surface area (Å²) in [5, 5.41) is 16.8. The Morgan fingerprint density at radius 1 is 0.973 bits per heavy atom. The number of nitrogens with one attached hydrogen (secondary N) is 2. The van der Waals surface area contributed by atoms with Crippen LogP contribution in [0, 0.1) is 23.7 Å². The van der Waals surface area contributed by atoms with Crippen LogP contribution in [0.4, 0.5) is 4.79 Å². The zero-order chi connectivity index (χ0) is 26.5. The van der Waals surface area contributed by atoms with E-state index >= 15 is 0 Å². The number of hydrogen-bond donors (Lipinski definition) is 3. The summed E-state index contributed by atoms with van der Waals surface area (Å²) in [7, 11) is 0. The second-order valence-electron chi connectivity index (χ2n) is 12.4. The van der Waals surface area contributed by atoms with Crippen LogP contribution in [-0.4, -0.2) is 84.0 Å². The SMILES string of the molecule is CC1CCC(CNC(=O)CC2CCC3C(COCC(O)CN3C(=O)NC3CCC(C)C(Cl)C3)O2)CC1C. The van der Waals surface area contributed by atoms with Crippen LogP contribution in [0.1, 0.15) is 78.6 Å². The van der Waals surface area contributed by atoms with Crippen LogP contribution in [0.25, 0.3) is 0 Å². The van der Waals surface area contributed by atoms with Crippen molar-refractivity contribution in [2.24, 2.45) is 23.7 Å². The minimum atomic E-state index is -0.743. The maximum atomic E-state index is 13.4. The van der Waals surface area contributed by atoms with Crippen molar-refractivity contribution in [2.45, 2.75) is 114 Å². The number of aliphatic hydroxyl groups is 1. The Hall–Kier alpha value is -1.09. The number of aliphatic hydroxyl groups excluding tert-OH is 1. The summed E-state index contributed by atoms with van der Waals surface area (Å²) in [6.07, 6.45) is 6.74. The number of hydrogen-bond acceptors (Lipinski definition) is 5. The zero-order valence-corrected chi connectivity index (χ0v) is 23.6. The Balaban J connectivity index is 1.29. The second kappa shape index (κ2) is 13.3. The number of alkyl halides is 1. The molecule has 3 N–H and O–H groups in total. The summed E-state index contributed by atoms with van der Waals surface area (Å²) < 4.78 is 12.1. The monoisotopic (exact) mass is 541 g/mol. The van der Waals surface area contributed by atoms with Crippen LogP contribution >= 0.6 is 11.6 Å². The third-order valence-electron chi connectivity index (χ3n) is 9.37. The molecule has 9 heteroatoms. The van der Waals surface area contributed by atoms with E-state index in [0.717, 1.165) is 31.7 Å². The minimum absolute atomic E-state index is 0.0358. The number of ether oxygens (including phenoxy) is 2. The molecular weight excluding hydrogens is 494 g/mol. The van der Waals surface area contributed by atoms with Crippen LogP contribution in [0.15, 0.2) is 0 Å².